The van der Waals surface area contributed by atoms with Gasteiger partial charge in [0.2, 0.25) is 0 Å². The molecule has 0 aliphatic heterocycles. The molecular formula is C12H22O2. The minimum atomic E-state index is 0.0126. The first-order chi connectivity index (χ1) is 6.47. The second-order valence-corrected chi connectivity index (χ2v) is 5.14. The van der Waals surface area contributed by atoms with Crippen molar-refractivity contribution < 1.29 is 9.53 Å². The maximum absolute atomic E-state index is 11.6. The van der Waals surface area contributed by atoms with Crippen LogP contribution in [0.25, 0.3) is 0 Å². The van der Waals surface area contributed by atoms with Gasteiger partial charge in [-0.2, -0.15) is 0 Å². The van der Waals surface area contributed by atoms with Gasteiger partial charge in [0.1, 0.15) is 0 Å². The average molecular weight is 198 g/mol. The minimum absolute atomic E-state index is 0.0126. The summed E-state index contributed by atoms with van der Waals surface area (Å²) in [5, 5.41) is 0. The lowest BCUT2D eigenvalue weighted by atomic mass is 10.1. The van der Waals surface area contributed by atoms with Gasteiger partial charge in [-0.05, 0) is 25.2 Å². The Morgan fingerprint density at radius 3 is 2.57 bits per heavy atom. The van der Waals surface area contributed by atoms with Gasteiger partial charge in [-0.25, -0.2) is 0 Å². The highest BCUT2D eigenvalue weighted by Crippen LogP contribution is 2.52. The summed E-state index contributed by atoms with van der Waals surface area (Å²) in [6.45, 7) is 8.38. The fourth-order valence-electron chi connectivity index (χ4n) is 1.70. The zero-order valence-electron chi connectivity index (χ0n) is 9.80. The van der Waals surface area contributed by atoms with Crippen molar-refractivity contribution in [1.82, 2.24) is 0 Å². The van der Waals surface area contributed by atoms with Gasteiger partial charge < -0.3 is 4.74 Å². The molecule has 0 N–H and O–H groups in total. The standard InChI is InChI=1S/C12H22O2/c1-5-6-7-9(2)14-11(13)10-8-12(10,3)4/h9-10H,5-8H2,1-4H3/t9-,10+/m1/s1. The summed E-state index contributed by atoms with van der Waals surface area (Å²) < 4.78 is 5.37. The molecular weight excluding hydrogens is 176 g/mol. The smallest absolute Gasteiger partial charge is 0.309 e. The summed E-state index contributed by atoms with van der Waals surface area (Å²) in [6, 6.07) is 0. The van der Waals surface area contributed by atoms with Crippen molar-refractivity contribution in [2.24, 2.45) is 11.3 Å². The molecule has 14 heavy (non-hydrogen) atoms. The fourth-order valence-corrected chi connectivity index (χ4v) is 1.70. The van der Waals surface area contributed by atoms with E-state index in [0.29, 0.717) is 0 Å². The number of hydrogen-bond donors (Lipinski definition) is 0. The van der Waals surface area contributed by atoms with E-state index in [0.717, 1.165) is 25.7 Å². The molecule has 1 aliphatic carbocycles. The van der Waals surface area contributed by atoms with Crippen LogP contribution < -0.4 is 0 Å². The molecule has 1 fully saturated rings. The first kappa shape index (κ1) is 11.5. The van der Waals surface area contributed by atoms with E-state index in [1.54, 1.807) is 0 Å². The maximum Gasteiger partial charge on any atom is 0.309 e. The molecule has 0 aromatic rings. The second-order valence-electron chi connectivity index (χ2n) is 5.14. The molecule has 1 saturated carbocycles. The highest BCUT2D eigenvalue weighted by atomic mass is 16.5. The molecule has 2 nitrogen and oxygen atoms in total. The van der Waals surface area contributed by atoms with Crippen LogP contribution in [-0.4, -0.2) is 12.1 Å². The van der Waals surface area contributed by atoms with Crippen LogP contribution in [0, 0.1) is 11.3 Å². The number of esters is 1. The quantitative estimate of drug-likeness (QED) is 0.634. The van der Waals surface area contributed by atoms with Crippen LogP contribution in [0.15, 0.2) is 0 Å². The van der Waals surface area contributed by atoms with Crippen LogP contribution in [0.5, 0.6) is 0 Å². The largest absolute Gasteiger partial charge is 0.462 e. The Kier molecular flexibility index (Phi) is 3.57. The van der Waals surface area contributed by atoms with Gasteiger partial charge in [0, 0.05) is 0 Å². The number of unbranched alkanes of at least 4 members (excludes halogenated alkanes) is 1. The third kappa shape index (κ3) is 3.00. The molecule has 2 heteroatoms. The van der Waals surface area contributed by atoms with Gasteiger partial charge >= 0.3 is 5.97 Å². The molecule has 0 saturated heterocycles. The summed E-state index contributed by atoms with van der Waals surface area (Å²) in [7, 11) is 0. The Balaban J connectivity index is 2.21. The fraction of sp³-hybridized carbons (Fsp3) is 0.917. The third-order valence-electron chi connectivity index (χ3n) is 3.08. The molecule has 2 atom stereocenters. The van der Waals surface area contributed by atoms with E-state index in [9.17, 15) is 4.79 Å². The predicted molar refractivity (Wildman–Crippen MR) is 57.0 cm³/mol. The number of carbonyl (C=O) groups excluding carboxylic acids is 1. The molecule has 0 spiro atoms. The second kappa shape index (κ2) is 4.33. The summed E-state index contributed by atoms with van der Waals surface area (Å²) >= 11 is 0. The molecule has 0 radical (unpaired) electrons. The van der Waals surface area contributed by atoms with Crippen molar-refractivity contribution in [3.05, 3.63) is 0 Å². The number of hydrogen-bond acceptors (Lipinski definition) is 2. The van der Waals surface area contributed by atoms with Crippen molar-refractivity contribution in [1.29, 1.82) is 0 Å². The Labute approximate surface area is 87.0 Å². The van der Waals surface area contributed by atoms with Gasteiger partial charge in [0.15, 0.2) is 0 Å². The normalized spacial score (nSPS) is 25.6. The van der Waals surface area contributed by atoms with E-state index in [4.69, 9.17) is 4.74 Å². The van der Waals surface area contributed by atoms with Crippen molar-refractivity contribution in [2.75, 3.05) is 0 Å². The van der Waals surface area contributed by atoms with E-state index in [2.05, 4.69) is 20.8 Å². The Hall–Kier alpha value is -0.530. The third-order valence-corrected chi connectivity index (χ3v) is 3.08. The Morgan fingerprint density at radius 1 is 1.57 bits per heavy atom. The topological polar surface area (TPSA) is 26.3 Å². The van der Waals surface area contributed by atoms with Crippen LogP contribution in [0.2, 0.25) is 0 Å². The van der Waals surface area contributed by atoms with Gasteiger partial charge in [0.25, 0.3) is 0 Å². The first-order valence-corrected chi connectivity index (χ1v) is 5.68. The molecule has 0 aromatic heterocycles. The molecule has 1 aliphatic rings. The predicted octanol–water partition coefficient (Wildman–Crippen LogP) is 3.15. The van der Waals surface area contributed by atoms with Crippen LogP contribution in [0.3, 0.4) is 0 Å². The summed E-state index contributed by atoms with van der Waals surface area (Å²) in [6.07, 6.45) is 4.39. The minimum Gasteiger partial charge on any atom is -0.462 e. The zero-order valence-corrected chi connectivity index (χ0v) is 9.80. The lowest BCUT2D eigenvalue weighted by Crippen LogP contribution is -2.18. The zero-order chi connectivity index (χ0) is 10.8. The SMILES string of the molecule is CCCC[C@@H](C)OC(=O)[C@@H]1CC1(C)C. The van der Waals surface area contributed by atoms with Crippen molar-refractivity contribution in [3.8, 4) is 0 Å². The molecule has 1 rings (SSSR count). The lowest BCUT2D eigenvalue weighted by Gasteiger charge is -2.13. The van der Waals surface area contributed by atoms with E-state index in [1.807, 2.05) is 6.92 Å². The Bertz CT molecular complexity index is 208. The summed E-state index contributed by atoms with van der Waals surface area (Å²) in [5.41, 5.74) is 0.196. The highest BCUT2D eigenvalue weighted by molar-refractivity contribution is 5.76. The van der Waals surface area contributed by atoms with Crippen LogP contribution in [-0.2, 0) is 9.53 Å². The van der Waals surface area contributed by atoms with Gasteiger partial charge in [0.05, 0.1) is 12.0 Å². The van der Waals surface area contributed by atoms with Crippen LogP contribution in [0.1, 0.15) is 53.4 Å². The average Bonchev–Trinajstić information content (AvgIpc) is 2.72. The van der Waals surface area contributed by atoms with Gasteiger partial charge in [-0.15, -0.1) is 0 Å². The number of rotatable bonds is 5. The number of carbonyl (C=O) groups is 1. The highest BCUT2D eigenvalue weighted by Gasteiger charge is 2.51. The van der Waals surface area contributed by atoms with Gasteiger partial charge in [-0.3, -0.25) is 4.79 Å². The number of ether oxygens (including phenoxy) is 1. The van der Waals surface area contributed by atoms with Crippen molar-refractivity contribution in [3.63, 3.8) is 0 Å². The summed E-state index contributed by atoms with van der Waals surface area (Å²) in [4.78, 5) is 11.6. The lowest BCUT2D eigenvalue weighted by molar-refractivity contribution is -0.151. The van der Waals surface area contributed by atoms with Crippen molar-refractivity contribution in [2.45, 2.75) is 59.5 Å². The van der Waals surface area contributed by atoms with E-state index < -0.39 is 0 Å². The molecule has 0 amide bonds. The first-order valence-electron chi connectivity index (χ1n) is 5.68. The molecule has 82 valence electrons. The maximum atomic E-state index is 11.6. The van der Waals surface area contributed by atoms with Gasteiger partial charge in [-0.1, -0.05) is 33.6 Å². The Morgan fingerprint density at radius 2 is 2.14 bits per heavy atom. The van der Waals surface area contributed by atoms with Crippen molar-refractivity contribution >= 4 is 5.97 Å². The monoisotopic (exact) mass is 198 g/mol. The van der Waals surface area contributed by atoms with Crippen LogP contribution >= 0.6 is 0 Å². The summed E-state index contributed by atoms with van der Waals surface area (Å²) in [5.74, 6) is 0.171. The van der Waals surface area contributed by atoms with E-state index in [1.165, 1.54) is 0 Å². The van der Waals surface area contributed by atoms with E-state index >= 15 is 0 Å². The van der Waals surface area contributed by atoms with E-state index in [-0.39, 0.29) is 23.4 Å². The molecule has 0 aromatic carbocycles. The molecule has 0 heterocycles. The van der Waals surface area contributed by atoms with Crippen LogP contribution in [0.4, 0.5) is 0 Å². The molecule has 0 bridgehead atoms. The molecule has 0 unspecified atom stereocenters.